The first-order chi connectivity index (χ1) is 12.6. The van der Waals surface area contributed by atoms with Crippen molar-refractivity contribution in [3.63, 3.8) is 0 Å². The van der Waals surface area contributed by atoms with Crippen molar-refractivity contribution in [2.45, 2.75) is 45.1 Å². The average molecular weight is 352 g/mol. The molecule has 1 aromatic heterocycles. The molecule has 0 saturated carbocycles. The smallest absolute Gasteiger partial charge is 0.241 e. The molecule has 4 rings (SSSR count). The molecule has 0 N–H and O–H groups in total. The lowest BCUT2D eigenvalue weighted by Gasteiger charge is -2.33. The summed E-state index contributed by atoms with van der Waals surface area (Å²) in [4.78, 5) is 21.8. The van der Waals surface area contributed by atoms with E-state index < -0.39 is 0 Å². The van der Waals surface area contributed by atoms with Gasteiger partial charge in [-0.25, -0.2) is 4.98 Å². The number of piperidine rings is 1. The van der Waals surface area contributed by atoms with Gasteiger partial charge in [-0.2, -0.15) is 0 Å². The summed E-state index contributed by atoms with van der Waals surface area (Å²) in [7, 11) is 0. The molecule has 5 heteroatoms. The van der Waals surface area contributed by atoms with E-state index in [0.717, 1.165) is 44.6 Å². The van der Waals surface area contributed by atoms with Crippen LogP contribution in [0.2, 0.25) is 0 Å². The Labute approximate surface area is 155 Å². The third kappa shape index (κ3) is 3.28. The second kappa shape index (κ2) is 7.23. The lowest BCUT2D eigenvalue weighted by atomic mass is 9.97. The van der Waals surface area contributed by atoms with Gasteiger partial charge in [-0.15, -0.1) is 0 Å². The third-order valence-electron chi connectivity index (χ3n) is 5.67. The summed E-state index contributed by atoms with van der Waals surface area (Å²) in [6.07, 6.45) is 7.22. The molecule has 1 aromatic carbocycles. The first kappa shape index (κ1) is 17.3. The Morgan fingerprint density at radius 2 is 2.12 bits per heavy atom. The minimum absolute atomic E-state index is 0.225. The Morgan fingerprint density at radius 1 is 1.27 bits per heavy atom. The van der Waals surface area contributed by atoms with Gasteiger partial charge in [0.2, 0.25) is 5.91 Å². The van der Waals surface area contributed by atoms with Crippen molar-refractivity contribution < 1.29 is 4.79 Å². The maximum absolute atomic E-state index is 12.9. The number of nitrogens with zero attached hydrogens (tertiary/aromatic N) is 4. The topological polar surface area (TPSA) is 41.4 Å². The van der Waals surface area contributed by atoms with Crippen LogP contribution in [0.1, 0.15) is 50.0 Å². The highest BCUT2D eigenvalue weighted by molar-refractivity contribution is 5.96. The van der Waals surface area contributed by atoms with E-state index in [2.05, 4.69) is 52.7 Å². The number of rotatable bonds is 4. The van der Waals surface area contributed by atoms with Crippen LogP contribution in [0.25, 0.3) is 0 Å². The zero-order chi connectivity index (χ0) is 18.1. The highest BCUT2D eigenvalue weighted by Crippen LogP contribution is 2.29. The van der Waals surface area contributed by atoms with Crippen molar-refractivity contribution in [2.24, 2.45) is 0 Å². The van der Waals surface area contributed by atoms with Crippen molar-refractivity contribution in [3.05, 3.63) is 48.0 Å². The number of amides is 1. The van der Waals surface area contributed by atoms with Crippen LogP contribution in [-0.2, 0) is 11.2 Å². The molecule has 5 nitrogen and oxygen atoms in total. The fraction of sp³-hybridized carbons (Fsp3) is 0.524. The van der Waals surface area contributed by atoms with Crippen LogP contribution in [0, 0.1) is 0 Å². The molecule has 3 heterocycles. The van der Waals surface area contributed by atoms with E-state index in [-0.39, 0.29) is 5.91 Å². The molecule has 1 unspecified atom stereocenters. The number of imidazole rings is 1. The predicted molar refractivity (Wildman–Crippen MR) is 104 cm³/mol. The molecule has 26 heavy (non-hydrogen) atoms. The van der Waals surface area contributed by atoms with Gasteiger partial charge in [0.1, 0.15) is 5.82 Å². The summed E-state index contributed by atoms with van der Waals surface area (Å²) >= 11 is 0. The van der Waals surface area contributed by atoms with Crippen LogP contribution in [-0.4, -0.2) is 46.5 Å². The molecule has 1 amide bonds. The maximum atomic E-state index is 12.9. The van der Waals surface area contributed by atoms with Crippen molar-refractivity contribution in [3.8, 4) is 0 Å². The zero-order valence-electron chi connectivity index (χ0n) is 15.8. The lowest BCUT2D eigenvalue weighted by molar-refractivity contribution is -0.119. The molecule has 0 spiro atoms. The minimum atomic E-state index is 0.225. The molecular formula is C21H28N4O. The second-order valence-corrected chi connectivity index (χ2v) is 7.78. The Bertz CT molecular complexity index is 782. The van der Waals surface area contributed by atoms with Crippen molar-refractivity contribution >= 4 is 11.6 Å². The molecule has 138 valence electrons. The average Bonchev–Trinajstić information content (AvgIpc) is 3.29. The number of likely N-dealkylation sites (tertiary alicyclic amines) is 1. The second-order valence-electron chi connectivity index (χ2n) is 7.78. The predicted octanol–water partition coefficient (Wildman–Crippen LogP) is 3.23. The fourth-order valence-corrected chi connectivity index (χ4v) is 4.36. The van der Waals surface area contributed by atoms with E-state index in [1.807, 2.05) is 17.2 Å². The number of para-hydroxylation sites is 1. The molecular weight excluding hydrogens is 324 g/mol. The van der Waals surface area contributed by atoms with Crippen molar-refractivity contribution in [1.82, 2.24) is 14.5 Å². The van der Waals surface area contributed by atoms with Crippen LogP contribution in [0.15, 0.2) is 36.7 Å². The minimum Gasteiger partial charge on any atom is -0.332 e. The van der Waals surface area contributed by atoms with Crippen LogP contribution >= 0.6 is 0 Å². The fourth-order valence-electron chi connectivity index (χ4n) is 4.36. The first-order valence-electron chi connectivity index (χ1n) is 9.77. The molecule has 2 aromatic rings. The first-order valence-corrected chi connectivity index (χ1v) is 9.77. The molecule has 1 atom stereocenters. The van der Waals surface area contributed by atoms with Gasteiger partial charge in [0.25, 0.3) is 0 Å². The largest absolute Gasteiger partial charge is 0.332 e. The number of hydrogen-bond donors (Lipinski definition) is 0. The van der Waals surface area contributed by atoms with Gasteiger partial charge in [-0.05, 0) is 51.3 Å². The molecule has 2 aliphatic heterocycles. The van der Waals surface area contributed by atoms with Crippen LogP contribution in [0.5, 0.6) is 0 Å². The summed E-state index contributed by atoms with van der Waals surface area (Å²) in [5, 5.41) is 0. The number of anilines is 1. The standard InChI is InChI=1S/C21H28N4O/c1-16(2)24-13-10-22-21(24)18-7-5-11-23(14-18)15-20(26)25-12-9-17-6-3-4-8-19(17)25/h3-4,6,8,10,13,16,18H,5,7,9,11-12,14-15H2,1-2H3. The van der Waals surface area contributed by atoms with Gasteiger partial charge in [-0.1, -0.05) is 18.2 Å². The molecule has 2 aliphatic rings. The quantitative estimate of drug-likeness (QED) is 0.848. The number of benzene rings is 1. The SMILES string of the molecule is CC(C)n1ccnc1C1CCCN(CC(=O)N2CCc3ccccc32)C1. The maximum Gasteiger partial charge on any atom is 0.241 e. The van der Waals surface area contributed by atoms with Gasteiger partial charge >= 0.3 is 0 Å². The number of carbonyl (C=O) groups is 1. The van der Waals surface area contributed by atoms with Crippen molar-refractivity contribution in [2.75, 3.05) is 31.1 Å². The highest BCUT2D eigenvalue weighted by atomic mass is 16.2. The normalized spacial score (nSPS) is 20.6. The van der Waals surface area contributed by atoms with Gasteiger partial charge in [-0.3, -0.25) is 9.69 Å². The summed E-state index contributed by atoms with van der Waals surface area (Å²) in [5.41, 5.74) is 2.39. The summed E-state index contributed by atoms with van der Waals surface area (Å²) < 4.78 is 2.27. The van der Waals surface area contributed by atoms with Gasteiger partial charge in [0, 0.05) is 43.1 Å². The molecule has 1 fully saturated rings. The van der Waals surface area contributed by atoms with E-state index in [9.17, 15) is 4.79 Å². The molecule has 0 bridgehead atoms. The van der Waals surface area contributed by atoms with Crippen LogP contribution < -0.4 is 4.90 Å². The molecule has 0 aliphatic carbocycles. The third-order valence-corrected chi connectivity index (χ3v) is 5.67. The molecule has 0 radical (unpaired) electrons. The summed E-state index contributed by atoms with van der Waals surface area (Å²) in [6.45, 7) is 7.63. The van der Waals surface area contributed by atoms with E-state index >= 15 is 0 Å². The number of carbonyl (C=O) groups excluding carboxylic acids is 1. The van der Waals surface area contributed by atoms with E-state index in [4.69, 9.17) is 0 Å². The van der Waals surface area contributed by atoms with Crippen molar-refractivity contribution in [1.29, 1.82) is 0 Å². The Morgan fingerprint density at radius 3 is 2.96 bits per heavy atom. The van der Waals surface area contributed by atoms with Gasteiger partial charge in [0.15, 0.2) is 0 Å². The molecule has 1 saturated heterocycles. The van der Waals surface area contributed by atoms with E-state index in [1.165, 1.54) is 11.4 Å². The van der Waals surface area contributed by atoms with Crippen LogP contribution in [0.3, 0.4) is 0 Å². The monoisotopic (exact) mass is 352 g/mol. The zero-order valence-corrected chi connectivity index (χ0v) is 15.8. The lowest BCUT2D eigenvalue weighted by Crippen LogP contribution is -2.43. The number of fused-ring (bicyclic) bond motifs is 1. The Hall–Kier alpha value is -2.14. The van der Waals surface area contributed by atoms with Gasteiger partial charge < -0.3 is 9.47 Å². The summed E-state index contributed by atoms with van der Waals surface area (Å²) in [6, 6.07) is 8.70. The van der Waals surface area contributed by atoms with E-state index in [1.54, 1.807) is 0 Å². The Kier molecular flexibility index (Phi) is 4.81. The number of aromatic nitrogens is 2. The summed E-state index contributed by atoms with van der Waals surface area (Å²) in [5.74, 6) is 1.81. The number of hydrogen-bond acceptors (Lipinski definition) is 3. The Balaban J connectivity index is 1.43. The van der Waals surface area contributed by atoms with Crippen LogP contribution in [0.4, 0.5) is 5.69 Å². The van der Waals surface area contributed by atoms with E-state index in [0.29, 0.717) is 18.5 Å². The van der Waals surface area contributed by atoms with Gasteiger partial charge in [0.05, 0.1) is 6.54 Å². The highest BCUT2D eigenvalue weighted by Gasteiger charge is 2.29.